The number of thiophene rings is 1. The van der Waals surface area contributed by atoms with Crippen LogP contribution in [0.25, 0.3) is 0 Å². The Labute approximate surface area is 205 Å². The normalized spacial score (nSPS) is 18.2. The van der Waals surface area contributed by atoms with Gasteiger partial charge in [0.1, 0.15) is 5.60 Å². The third kappa shape index (κ3) is 6.56. The highest BCUT2D eigenvalue weighted by atomic mass is 127. The van der Waals surface area contributed by atoms with Gasteiger partial charge in [-0.1, -0.05) is 23.7 Å². The van der Waals surface area contributed by atoms with Gasteiger partial charge < -0.3 is 20.5 Å². The lowest BCUT2D eigenvalue weighted by atomic mass is 9.74. The van der Waals surface area contributed by atoms with Gasteiger partial charge in [-0.25, -0.2) is 4.99 Å². The molecule has 1 fully saturated rings. The van der Waals surface area contributed by atoms with Crippen LogP contribution < -0.4 is 10.6 Å². The molecular weight excluding hydrogens is 533 g/mol. The summed E-state index contributed by atoms with van der Waals surface area (Å²) in [6.07, 6.45) is 1.85. The molecule has 166 valence electrons. The second kappa shape index (κ2) is 11.7. The van der Waals surface area contributed by atoms with E-state index in [0.29, 0.717) is 5.96 Å². The first kappa shape index (κ1) is 25.4. The third-order valence-electron chi connectivity index (χ3n) is 5.51. The summed E-state index contributed by atoms with van der Waals surface area (Å²) >= 11 is 7.85. The van der Waals surface area contributed by atoms with Gasteiger partial charge in [0.15, 0.2) is 5.96 Å². The van der Waals surface area contributed by atoms with Crippen LogP contribution in [0.1, 0.15) is 37.8 Å². The molecule has 2 aromatic rings. The molecular formula is C22H31ClIN3O2S. The minimum absolute atomic E-state index is 0. The largest absolute Gasteiger partial charge is 0.383 e. The maximum Gasteiger partial charge on any atom is 0.191 e. The van der Waals surface area contributed by atoms with E-state index in [9.17, 15) is 5.11 Å². The molecule has 1 aliphatic rings. The number of nitrogens with zero attached hydrogens (tertiary/aromatic N) is 1. The van der Waals surface area contributed by atoms with Crippen molar-refractivity contribution in [3.8, 4) is 0 Å². The molecule has 3 rings (SSSR count). The molecule has 3 N–H and O–H groups in total. The summed E-state index contributed by atoms with van der Waals surface area (Å²) in [5.74, 6) is 0.705. The van der Waals surface area contributed by atoms with Crippen LogP contribution in [0.5, 0.6) is 0 Å². The zero-order valence-electron chi connectivity index (χ0n) is 17.5. The van der Waals surface area contributed by atoms with Gasteiger partial charge in [-0.05, 0) is 66.8 Å². The van der Waals surface area contributed by atoms with E-state index in [1.165, 1.54) is 5.56 Å². The molecule has 0 radical (unpaired) electrons. The van der Waals surface area contributed by atoms with E-state index >= 15 is 0 Å². The predicted molar refractivity (Wildman–Crippen MR) is 136 cm³/mol. The first-order valence-corrected chi connectivity index (χ1v) is 11.4. The highest BCUT2D eigenvalue weighted by Crippen LogP contribution is 2.35. The summed E-state index contributed by atoms with van der Waals surface area (Å²) in [5, 5.41) is 22.3. The molecule has 1 unspecified atom stereocenters. The zero-order valence-corrected chi connectivity index (χ0v) is 21.4. The highest BCUT2D eigenvalue weighted by Gasteiger charge is 2.35. The predicted octanol–water partition coefficient (Wildman–Crippen LogP) is 4.53. The summed E-state index contributed by atoms with van der Waals surface area (Å²) in [4.78, 5) is 4.66. The minimum atomic E-state index is -0.994. The number of benzene rings is 1. The summed E-state index contributed by atoms with van der Waals surface area (Å²) in [5.41, 5.74) is 1.06. The van der Waals surface area contributed by atoms with Crippen molar-refractivity contribution in [3.63, 3.8) is 0 Å². The van der Waals surface area contributed by atoms with Crippen molar-refractivity contribution < 1.29 is 9.84 Å². The fraction of sp³-hybridized carbons (Fsp3) is 0.500. The molecule has 2 heterocycles. The van der Waals surface area contributed by atoms with Gasteiger partial charge in [-0.15, -0.1) is 24.0 Å². The van der Waals surface area contributed by atoms with Gasteiger partial charge in [-0.2, -0.15) is 11.3 Å². The number of rotatable bonds is 7. The standard InChI is InChI=1S/C22H30ClN3O2S.HI/c1-3-24-20(25-15-21(2,27)18-7-12-29-14-18)26-16-22(8-10-28-11-9-22)17-5-4-6-19(23)13-17;/h4-7,12-14,27H,3,8-11,15-16H2,1-2H3,(H2,24,25,26);1H. The molecule has 1 aromatic carbocycles. The second-order valence-electron chi connectivity index (χ2n) is 7.74. The average molecular weight is 564 g/mol. The monoisotopic (exact) mass is 563 g/mol. The Morgan fingerprint density at radius 3 is 2.70 bits per heavy atom. The van der Waals surface area contributed by atoms with E-state index in [4.69, 9.17) is 16.3 Å². The molecule has 8 heteroatoms. The Morgan fingerprint density at radius 2 is 2.07 bits per heavy atom. The zero-order chi connectivity index (χ0) is 20.7. The number of guanidine groups is 1. The van der Waals surface area contributed by atoms with Crippen LogP contribution in [0.2, 0.25) is 5.02 Å². The number of aliphatic hydroxyl groups is 1. The van der Waals surface area contributed by atoms with Crippen LogP contribution in [-0.4, -0.2) is 43.9 Å². The lowest BCUT2D eigenvalue weighted by Gasteiger charge is -2.38. The molecule has 30 heavy (non-hydrogen) atoms. The smallest absolute Gasteiger partial charge is 0.191 e. The first-order valence-electron chi connectivity index (χ1n) is 10.1. The van der Waals surface area contributed by atoms with Crippen molar-refractivity contribution in [1.82, 2.24) is 10.6 Å². The molecule has 1 atom stereocenters. The molecule has 5 nitrogen and oxygen atoms in total. The average Bonchev–Trinajstić information content (AvgIpc) is 3.27. The fourth-order valence-corrected chi connectivity index (χ4v) is 4.61. The summed E-state index contributed by atoms with van der Waals surface area (Å²) < 4.78 is 5.63. The lowest BCUT2D eigenvalue weighted by molar-refractivity contribution is 0.0513. The Bertz CT molecular complexity index is 808. The van der Waals surface area contributed by atoms with Crippen molar-refractivity contribution >= 4 is 52.9 Å². The van der Waals surface area contributed by atoms with Crippen molar-refractivity contribution in [3.05, 3.63) is 57.2 Å². The molecule has 0 saturated carbocycles. The first-order chi connectivity index (χ1) is 14.0. The van der Waals surface area contributed by atoms with E-state index in [1.807, 2.05) is 35.9 Å². The number of halogens is 2. The van der Waals surface area contributed by atoms with E-state index in [1.54, 1.807) is 18.3 Å². The highest BCUT2D eigenvalue weighted by molar-refractivity contribution is 14.0. The number of hydrogen-bond donors (Lipinski definition) is 3. The van der Waals surface area contributed by atoms with E-state index in [0.717, 1.165) is 49.7 Å². The topological polar surface area (TPSA) is 65.9 Å². The van der Waals surface area contributed by atoms with E-state index in [-0.39, 0.29) is 35.9 Å². The van der Waals surface area contributed by atoms with Crippen LogP contribution in [0.4, 0.5) is 0 Å². The minimum Gasteiger partial charge on any atom is -0.383 e. The molecule has 1 saturated heterocycles. The Kier molecular flexibility index (Phi) is 9.87. The molecule has 0 aliphatic carbocycles. The quantitative estimate of drug-likeness (QED) is 0.263. The Morgan fingerprint density at radius 1 is 1.30 bits per heavy atom. The van der Waals surface area contributed by atoms with E-state index < -0.39 is 5.60 Å². The molecule has 1 aliphatic heterocycles. The third-order valence-corrected chi connectivity index (χ3v) is 6.43. The number of hydrogen-bond acceptors (Lipinski definition) is 4. The van der Waals surface area contributed by atoms with Gasteiger partial charge >= 0.3 is 0 Å². The molecule has 0 bridgehead atoms. The lowest BCUT2D eigenvalue weighted by Crippen LogP contribution is -2.48. The number of ether oxygens (including phenoxy) is 1. The molecule has 1 aromatic heterocycles. The summed E-state index contributed by atoms with van der Waals surface area (Å²) in [6, 6.07) is 10.1. The van der Waals surface area contributed by atoms with Gasteiger partial charge in [0.25, 0.3) is 0 Å². The maximum atomic E-state index is 10.8. The van der Waals surface area contributed by atoms with Crippen molar-refractivity contribution in [2.75, 3.05) is 32.8 Å². The van der Waals surface area contributed by atoms with Gasteiger partial charge in [0.2, 0.25) is 0 Å². The second-order valence-corrected chi connectivity index (χ2v) is 8.95. The number of nitrogens with one attached hydrogen (secondary N) is 2. The molecule has 0 amide bonds. The van der Waals surface area contributed by atoms with E-state index in [2.05, 4.69) is 27.8 Å². The van der Waals surface area contributed by atoms with Crippen molar-refractivity contribution in [1.29, 1.82) is 0 Å². The van der Waals surface area contributed by atoms with Crippen LogP contribution in [0, 0.1) is 0 Å². The SMILES string of the molecule is CCNC(=NCC(C)(O)c1ccsc1)NCC1(c2cccc(Cl)c2)CCOCC1.I. The van der Waals surface area contributed by atoms with Crippen molar-refractivity contribution in [2.24, 2.45) is 4.99 Å². The van der Waals surface area contributed by atoms with Crippen LogP contribution >= 0.6 is 46.9 Å². The fourth-order valence-electron chi connectivity index (χ4n) is 3.64. The van der Waals surface area contributed by atoms with Crippen LogP contribution in [-0.2, 0) is 15.8 Å². The van der Waals surface area contributed by atoms with Gasteiger partial charge in [0.05, 0.1) is 6.54 Å². The maximum absolute atomic E-state index is 10.8. The Balaban J connectivity index is 0.00000320. The van der Waals surface area contributed by atoms with Gasteiger partial charge in [-0.3, -0.25) is 0 Å². The number of aliphatic imine (C=N–C) groups is 1. The van der Waals surface area contributed by atoms with Crippen LogP contribution in [0.3, 0.4) is 0 Å². The summed E-state index contributed by atoms with van der Waals surface area (Å²) in [7, 11) is 0. The summed E-state index contributed by atoms with van der Waals surface area (Å²) in [6.45, 7) is 7.06. The molecule has 0 spiro atoms. The van der Waals surface area contributed by atoms with Crippen molar-refractivity contribution in [2.45, 2.75) is 37.7 Å². The Hall–Kier alpha value is -0.870. The van der Waals surface area contributed by atoms with Crippen LogP contribution in [0.15, 0.2) is 46.1 Å². The van der Waals surface area contributed by atoms with Gasteiger partial charge in [0, 0.05) is 36.7 Å².